The lowest BCUT2D eigenvalue weighted by molar-refractivity contribution is 0.378. The van der Waals surface area contributed by atoms with Crippen molar-refractivity contribution >= 4 is 11.9 Å². The van der Waals surface area contributed by atoms with Crippen LogP contribution in [0.2, 0.25) is 0 Å². The van der Waals surface area contributed by atoms with Gasteiger partial charge < -0.3 is 15.0 Å². The van der Waals surface area contributed by atoms with Crippen LogP contribution in [0.5, 0.6) is 6.01 Å². The molecule has 0 unspecified atom stereocenters. The Bertz CT molecular complexity index is 352. The first kappa shape index (κ1) is 14.5. The second kappa shape index (κ2) is 7.68. The molecule has 1 aromatic rings. The van der Waals surface area contributed by atoms with E-state index in [1.54, 1.807) is 7.11 Å². The maximum absolute atomic E-state index is 5.12. The third-order valence-electron chi connectivity index (χ3n) is 2.39. The van der Waals surface area contributed by atoms with Crippen LogP contribution in [0.15, 0.2) is 0 Å². The maximum Gasteiger partial charge on any atom is 0.322 e. The SMILES string of the molecule is CCCN(CCC)c1nc(NCC)nc(OC)n1. The molecule has 6 nitrogen and oxygen atoms in total. The van der Waals surface area contributed by atoms with Gasteiger partial charge in [0, 0.05) is 19.6 Å². The zero-order valence-corrected chi connectivity index (χ0v) is 11.7. The van der Waals surface area contributed by atoms with Gasteiger partial charge in [0.25, 0.3) is 0 Å². The first-order chi connectivity index (χ1) is 8.74. The molecule has 0 saturated carbocycles. The van der Waals surface area contributed by atoms with Gasteiger partial charge in [0.15, 0.2) is 0 Å². The van der Waals surface area contributed by atoms with E-state index < -0.39 is 0 Å². The minimum Gasteiger partial charge on any atom is -0.467 e. The zero-order chi connectivity index (χ0) is 13.4. The van der Waals surface area contributed by atoms with Gasteiger partial charge in [-0.1, -0.05) is 13.8 Å². The van der Waals surface area contributed by atoms with Gasteiger partial charge in [0.05, 0.1) is 7.11 Å². The molecule has 1 aromatic heterocycles. The van der Waals surface area contributed by atoms with Gasteiger partial charge in [-0.2, -0.15) is 15.0 Å². The fourth-order valence-electron chi connectivity index (χ4n) is 1.67. The monoisotopic (exact) mass is 253 g/mol. The van der Waals surface area contributed by atoms with Crippen molar-refractivity contribution in [2.24, 2.45) is 0 Å². The normalized spacial score (nSPS) is 10.2. The van der Waals surface area contributed by atoms with E-state index in [9.17, 15) is 0 Å². The molecule has 1 rings (SSSR count). The van der Waals surface area contributed by atoms with E-state index >= 15 is 0 Å². The fourth-order valence-corrected chi connectivity index (χ4v) is 1.67. The van der Waals surface area contributed by atoms with E-state index in [0.29, 0.717) is 17.9 Å². The summed E-state index contributed by atoms with van der Waals surface area (Å²) < 4.78 is 5.12. The summed E-state index contributed by atoms with van der Waals surface area (Å²) >= 11 is 0. The highest BCUT2D eigenvalue weighted by atomic mass is 16.5. The molecule has 0 spiro atoms. The van der Waals surface area contributed by atoms with Crippen LogP contribution >= 0.6 is 0 Å². The minimum atomic E-state index is 0.355. The second-order valence-corrected chi connectivity index (χ2v) is 3.96. The first-order valence-electron chi connectivity index (χ1n) is 6.53. The molecule has 0 aliphatic heterocycles. The molecule has 18 heavy (non-hydrogen) atoms. The Kier molecular flexibility index (Phi) is 6.18. The molecule has 1 N–H and O–H groups in total. The molecule has 0 bridgehead atoms. The summed E-state index contributed by atoms with van der Waals surface area (Å²) in [6.07, 6.45) is 2.12. The van der Waals surface area contributed by atoms with E-state index in [0.717, 1.165) is 32.5 Å². The largest absolute Gasteiger partial charge is 0.467 e. The average molecular weight is 253 g/mol. The average Bonchev–Trinajstić information content (AvgIpc) is 2.38. The zero-order valence-electron chi connectivity index (χ0n) is 11.7. The summed E-state index contributed by atoms with van der Waals surface area (Å²) in [5.41, 5.74) is 0. The summed E-state index contributed by atoms with van der Waals surface area (Å²) in [4.78, 5) is 15.1. The van der Waals surface area contributed by atoms with Crippen molar-refractivity contribution < 1.29 is 4.74 Å². The topological polar surface area (TPSA) is 63.2 Å². The third kappa shape index (κ3) is 4.01. The Balaban J connectivity index is 2.99. The smallest absolute Gasteiger partial charge is 0.322 e. The lowest BCUT2D eigenvalue weighted by Gasteiger charge is -2.21. The van der Waals surface area contributed by atoms with E-state index in [1.165, 1.54) is 0 Å². The van der Waals surface area contributed by atoms with Crippen LogP contribution in [-0.2, 0) is 0 Å². The van der Waals surface area contributed by atoms with E-state index in [1.807, 2.05) is 6.92 Å². The van der Waals surface area contributed by atoms with Gasteiger partial charge in [-0.25, -0.2) is 0 Å². The summed E-state index contributed by atoms with van der Waals surface area (Å²) in [6, 6.07) is 0.355. The van der Waals surface area contributed by atoms with E-state index in [4.69, 9.17) is 4.74 Å². The van der Waals surface area contributed by atoms with Crippen molar-refractivity contribution in [3.63, 3.8) is 0 Å². The van der Waals surface area contributed by atoms with Gasteiger partial charge in [0.2, 0.25) is 11.9 Å². The Labute approximate surface area is 109 Å². The van der Waals surface area contributed by atoms with Crippen LogP contribution in [-0.4, -0.2) is 41.7 Å². The molecule has 0 amide bonds. The van der Waals surface area contributed by atoms with E-state index in [-0.39, 0.29) is 0 Å². The molecule has 0 aromatic carbocycles. The number of hydrogen-bond acceptors (Lipinski definition) is 6. The predicted octanol–water partition coefficient (Wildman–Crippen LogP) is 1.94. The van der Waals surface area contributed by atoms with Crippen molar-refractivity contribution in [1.82, 2.24) is 15.0 Å². The van der Waals surface area contributed by atoms with Gasteiger partial charge in [0.1, 0.15) is 0 Å². The van der Waals surface area contributed by atoms with Gasteiger partial charge in [-0.05, 0) is 19.8 Å². The number of nitrogens with zero attached hydrogens (tertiary/aromatic N) is 4. The number of hydrogen-bond donors (Lipinski definition) is 1. The summed E-state index contributed by atoms with van der Waals surface area (Å²) in [5.74, 6) is 1.25. The van der Waals surface area contributed by atoms with Crippen LogP contribution in [0.3, 0.4) is 0 Å². The fraction of sp³-hybridized carbons (Fsp3) is 0.750. The Morgan fingerprint density at radius 2 is 1.72 bits per heavy atom. The van der Waals surface area contributed by atoms with Gasteiger partial charge in [-0.15, -0.1) is 0 Å². The van der Waals surface area contributed by atoms with Crippen molar-refractivity contribution in [3.05, 3.63) is 0 Å². The third-order valence-corrected chi connectivity index (χ3v) is 2.39. The minimum absolute atomic E-state index is 0.355. The number of aromatic nitrogens is 3. The Hall–Kier alpha value is -1.59. The number of rotatable bonds is 8. The van der Waals surface area contributed by atoms with Crippen LogP contribution < -0.4 is 15.0 Å². The molecule has 6 heteroatoms. The number of methoxy groups -OCH3 is 1. The van der Waals surface area contributed by atoms with Gasteiger partial charge in [-0.3, -0.25) is 0 Å². The van der Waals surface area contributed by atoms with Crippen LogP contribution in [0.25, 0.3) is 0 Å². The lowest BCUT2D eigenvalue weighted by Crippen LogP contribution is -2.27. The van der Waals surface area contributed by atoms with Gasteiger partial charge >= 0.3 is 6.01 Å². The summed E-state index contributed by atoms with van der Waals surface area (Å²) in [5, 5.41) is 3.09. The summed E-state index contributed by atoms with van der Waals surface area (Å²) in [7, 11) is 1.57. The maximum atomic E-state index is 5.12. The standard InChI is InChI=1S/C12H23N5O/c1-5-8-17(9-6-2)11-14-10(13-7-3)15-12(16-11)18-4/h5-9H2,1-4H3,(H,13,14,15,16). The van der Waals surface area contributed by atoms with Crippen LogP contribution in [0.1, 0.15) is 33.6 Å². The molecule has 0 fully saturated rings. The quantitative estimate of drug-likeness (QED) is 0.764. The van der Waals surface area contributed by atoms with Crippen LogP contribution in [0.4, 0.5) is 11.9 Å². The predicted molar refractivity (Wildman–Crippen MR) is 73.3 cm³/mol. The lowest BCUT2D eigenvalue weighted by atomic mass is 10.4. The molecular weight excluding hydrogens is 230 g/mol. The Morgan fingerprint density at radius 1 is 1.06 bits per heavy atom. The first-order valence-corrected chi connectivity index (χ1v) is 6.53. The molecule has 0 aliphatic carbocycles. The summed E-state index contributed by atoms with van der Waals surface area (Å²) in [6.45, 7) is 8.94. The Morgan fingerprint density at radius 3 is 2.22 bits per heavy atom. The molecule has 102 valence electrons. The second-order valence-electron chi connectivity index (χ2n) is 3.96. The molecule has 1 heterocycles. The van der Waals surface area contributed by atoms with Crippen molar-refractivity contribution in [2.75, 3.05) is 37.0 Å². The highest BCUT2D eigenvalue weighted by Crippen LogP contribution is 2.15. The van der Waals surface area contributed by atoms with Crippen molar-refractivity contribution in [2.45, 2.75) is 33.6 Å². The number of nitrogens with one attached hydrogen (secondary N) is 1. The number of ether oxygens (including phenoxy) is 1. The number of anilines is 2. The molecule has 0 radical (unpaired) electrons. The highest BCUT2D eigenvalue weighted by molar-refractivity contribution is 5.38. The van der Waals surface area contributed by atoms with E-state index in [2.05, 4.69) is 39.0 Å². The molecule has 0 atom stereocenters. The molecular formula is C12H23N5O. The van der Waals surface area contributed by atoms with Crippen molar-refractivity contribution in [3.8, 4) is 6.01 Å². The van der Waals surface area contributed by atoms with Crippen molar-refractivity contribution in [1.29, 1.82) is 0 Å². The van der Waals surface area contributed by atoms with Crippen LogP contribution in [0, 0.1) is 0 Å². The molecule has 0 aliphatic rings. The highest BCUT2D eigenvalue weighted by Gasteiger charge is 2.12. The molecule has 0 saturated heterocycles.